The Morgan fingerprint density at radius 3 is 2.60 bits per heavy atom. The second-order valence-electron chi connectivity index (χ2n) is 12.8. The van der Waals surface area contributed by atoms with Gasteiger partial charge in [0, 0.05) is 48.3 Å². The number of rotatable bonds is 8. The number of hydrogen-bond acceptors (Lipinski definition) is 10. The number of benzene rings is 2. The van der Waals surface area contributed by atoms with Gasteiger partial charge < -0.3 is 39.6 Å². The number of halogens is 2. The van der Waals surface area contributed by atoms with E-state index in [0.29, 0.717) is 28.2 Å². The van der Waals surface area contributed by atoms with E-state index in [4.69, 9.17) is 24.9 Å². The Labute approximate surface area is 272 Å². The molecule has 15 heteroatoms. The van der Waals surface area contributed by atoms with Crippen molar-refractivity contribution in [2.24, 2.45) is 5.73 Å². The van der Waals surface area contributed by atoms with E-state index in [0.717, 1.165) is 30.4 Å². The van der Waals surface area contributed by atoms with Crippen LogP contribution < -0.4 is 10.5 Å². The largest absolute Gasteiger partial charge is 0.479 e. The summed E-state index contributed by atoms with van der Waals surface area (Å²) < 4.78 is 45.7. The molecular formula is C33H32F2N6O7. The maximum atomic E-state index is 14.1. The first kappa shape index (κ1) is 30.7. The molecule has 48 heavy (non-hydrogen) atoms. The highest BCUT2D eigenvalue weighted by molar-refractivity contribution is 5.98. The Hall–Kier alpha value is -4.57. The number of carbonyl (C=O) groups is 2. The molecule has 0 radical (unpaired) electrons. The predicted molar refractivity (Wildman–Crippen MR) is 163 cm³/mol. The Morgan fingerprint density at radius 1 is 1.10 bits per heavy atom. The summed E-state index contributed by atoms with van der Waals surface area (Å²) in [5.41, 5.74) is 9.30. The lowest BCUT2D eigenvalue weighted by atomic mass is 9.77. The van der Waals surface area contributed by atoms with Crippen LogP contribution in [0.15, 0.2) is 48.8 Å². The average Bonchev–Trinajstić information content (AvgIpc) is 3.56. The Balaban J connectivity index is 1.19. The molecule has 4 N–H and O–H groups in total. The van der Waals surface area contributed by atoms with Crippen molar-refractivity contribution in [2.75, 3.05) is 6.73 Å². The monoisotopic (exact) mass is 662 g/mol. The third-order valence-electron chi connectivity index (χ3n) is 9.87. The second-order valence-corrected chi connectivity index (χ2v) is 12.8. The molecule has 1 aliphatic carbocycles. The minimum absolute atomic E-state index is 0.0142. The number of aliphatic carboxylic acids is 1. The zero-order valence-corrected chi connectivity index (χ0v) is 25.5. The van der Waals surface area contributed by atoms with Crippen molar-refractivity contribution in [1.29, 1.82) is 0 Å². The summed E-state index contributed by atoms with van der Waals surface area (Å²) in [4.78, 5) is 41.1. The number of carbonyl (C=O) groups excluding carboxylic acids is 1. The average molecular weight is 663 g/mol. The minimum atomic E-state index is -3.12. The molecule has 3 aliphatic heterocycles. The van der Waals surface area contributed by atoms with Crippen LogP contribution in [0, 0.1) is 0 Å². The van der Waals surface area contributed by atoms with Crippen molar-refractivity contribution in [3.63, 3.8) is 0 Å². The molecule has 2 aromatic heterocycles. The van der Waals surface area contributed by atoms with E-state index in [-0.39, 0.29) is 37.3 Å². The quantitative estimate of drug-likeness (QED) is 0.250. The second kappa shape index (κ2) is 11.5. The third kappa shape index (κ3) is 5.08. The highest BCUT2D eigenvalue weighted by atomic mass is 19.3. The summed E-state index contributed by atoms with van der Waals surface area (Å²) in [6.45, 7) is -3.45. The number of carboxylic acid groups (broad SMARTS) is 1. The summed E-state index contributed by atoms with van der Waals surface area (Å²) >= 11 is 0. The topological polar surface area (TPSA) is 175 Å². The summed E-state index contributed by atoms with van der Waals surface area (Å²) in [5, 5.41) is 19.7. The zero-order valence-electron chi connectivity index (χ0n) is 25.5. The maximum absolute atomic E-state index is 14.1. The number of nitrogens with zero attached hydrogens (tertiary/aromatic N) is 5. The highest BCUT2D eigenvalue weighted by Crippen LogP contribution is 2.51. The number of alkyl halides is 2. The van der Waals surface area contributed by atoms with Gasteiger partial charge in [0.25, 0.3) is 5.91 Å². The first-order chi connectivity index (χ1) is 23.1. The fraction of sp³-hybridized carbons (Fsp3) is 0.424. The first-order valence-electron chi connectivity index (χ1n) is 15.8. The van der Waals surface area contributed by atoms with Crippen LogP contribution >= 0.6 is 0 Å². The van der Waals surface area contributed by atoms with E-state index in [1.807, 2.05) is 22.8 Å². The van der Waals surface area contributed by atoms with Gasteiger partial charge in [0.15, 0.2) is 12.4 Å². The van der Waals surface area contributed by atoms with Gasteiger partial charge in [-0.1, -0.05) is 12.1 Å². The lowest BCUT2D eigenvalue weighted by Gasteiger charge is -2.36. The SMILES string of the molecule is NC1(c2ncc(-c3ccc4nc5n(c4c3)[C@@H]3C[C@H]5N(CO[C@H]4C[C@@H](O)C[C@@H](C(=O)O)O4)C(=O)c4cccc(OC(F)F)c43)cn2)CCC1. The predicted octanol–water partition coefficient (Wildman–Crippen LogP) is 3.85. The van der Waals surface area contributed by atoms with Crippen LogP contribution in [0.25, 0.3) is 22.2 Å². The molecule has 1 saturated carbocycles. The van der Waals surface area contributed by atoms with Crippen LogP contribution in [0.2, 0.25) is 0 Å². The number of amides is 1. The van der Waals surface area contributed by atoms with Crippen LogP contribution in [0.1, 0.15) is 78.2 Å². The van der Waals surface area contributed by atoms with Gasteiger partial charge in [0.1, 0.15) is 24.1 Å². The van der Waals surface area contributed by atoms with E-state index >= 15 is 0 Å². The maximum Gasteiger partial charge on any atom is 0.387 e. The van der Waals surface area contributed by atoms with Gasteiger partial charge in [0.2, 0.25) is 0 Å². The number of aromatic nitrogens is 4. The molecule has 2 fully saturated rings. The fourth-order valence-corrected chi connectivity index (χ4v) is 7.31. The van der Waals surface area contributed by atoms with Gasteiger partial charge in [-0.15, -0.1) is 0 Å². The summed E-state index contributed by atoms with van der Waals surface area (Å²) in [5.74, 6) is -0.716. The molecule has 4 aliphatic rings. The molecule has 5 heterocycles. The Bertz CT molecular complexity index is 1920. The number of aliphatic hydroxyl groups is 1. The van der Waals surface area contributed by atoms with Gasteiger partial charge in [0.05, 0.1) is 34.8 Å². The molecule has 0 spiro atoms. The summed E-state index contributed by atoms with van der Waals surface area (Å²) in [7, 11) is 0. The first-order valence-corrected chi connectivity index (χ1v) is 15.8. The molecule has 1 amide bonds. The summed E-state index contributed by atoms with van der Waals surface area (Å²) in [6.07, 6.45) is 3.08. The molecular weight excluding hydrogens is 630 g/mol. The van der Waals surface area contributed by atoms with Gasteiger partial charge in [-0.05, 0) is 49.1 Å². The van der Waals surface area contributed by atoms with Crippen LogP contribution in [0.4, 0.5) is 8.78 Å². The smallest absolute Gasteiger partial charge is 0.387 e. The van der Waals surface area contributed by atoms with E-state index in [1.54, 1.807) is 18.5 Å². The lowest BCUT2D eigenvalue weighted by Crippen LogP contribution is -2.44. The minimum Gasteiger partial charge on any atom is -0.479 e. The molecule has 2 aromatic carbocycles. The summed E-state index contributed by atoms with van der Waals surface area (Å²) in [6, 6.07) is 8.89. The number of ether oxygens (including phenoxy) is 3. The third-order valence-corrected chi connectivity index (χ3v) is 9.87. The van der Waals surface area contributed by atoms with Gasteiger partial charge >= 0.3 is 12.6 Å². The molecule has 4 aromatic rings. The molecule has 5 atom stereocenters. The van der Waals surface area contributed by atoms with Gasteiger partial charge in [-0.2, -0.15) is 8.78 Å². The fourth-order valence-electron chi connectivity index (χ4n) is 7.31. The van der Waals surface area contributed by atoms with Crippen molar-refractivity contribution in [1.82, 2.24) is 24.4 Å². The van der Waals surface area contributed by atoms with Crippen LogP contribution in [0.3, 0.4) is 0 Å². The van der Waals surface area contributed by atoms with Crippen LogP contribution in [-0.4, -0.2) is 78.3 Å². The van der Waals surface area contributed by atoms with Crippen molar-refractivity contribution in [3.05, 3.63) is 71.6 Å². The molecule has 2 bridgehead atoms. The zero-order chi connectivity index (χ0) is 33.3. The molecule has 13 nitrogen and oxygen atoms in total. The molecule has 1 saturated heterocycles. The normalized spacial score (nSPS) is 25.8. The lowest BCUT2D eigenvalue weighted by molar-refractivity contribution is -0.232. The number of carboxylic acids is 1. The number of fused-ring (bicyclic) bond motifs is 9. The highest BCUT2D eigenvalue weighted by Gasteiger charge is 2.47. The van der Waals surface area contributed by atoms with E-state index in [1.165, 1.54) is 17.0 Å². The number of hydrogen-bond donors (Lipinski definition) is 3. The van der Waals surface area contributed by atoms with Crippen LogP contribution in [-0.2, 0) is 19.8 Å². The van der Waals surface area contributed by atoms with Gasteiger partial charge in [-0.3, -0.25) is 4.79 Å². The number of nitrogens with two attached hydrogens (primary N) is 1. The Kier molecular flexibility index (Phi) is 7.39. The van der Waals surface area contributed by atoms with Crippen molar-refractivity contribution in [3.8, 4) is 16.9 Å². The standard InChI is InChI=1S/C33H32F2N6O7/c34-32(35)48-24-4-1-3-19-27(24)22-12-23(40(29(19)43)15-46-26-11-18(42)10-25(47-26)30(44)45)28-39-20-6-5-16(9-21(20)41(22)28)17-13-37-31(38-14-17)33(36)7-2-8-33/h1,3-6,9,13-14,18,22-23,25-26,32,42H,2,7-8,10-12,15,36H2,(H,44,45)/t18-,22+,23+,25-,26+/m0/s1. The molecule has 0 unspecified atom stereocenters. The van der Waals surface area contributed by atoms with E-state index < -0.39 is 54.6 Å². The number of aliphatic hydroxyl groups excluding tert-OH is 1. The van der Waals surface area contributed by atoms with Crippen molar-refractivity contribution in [2.45, 2.75) is 81.3 Å². The van der Waals surface area contributed by atoms with Crippen molar-refractivity contribution < 1.29 is 42.8 Å². The van der Waals surface area contributed by atoms with Crippen LogP contribution in [0.5, 0.6) is 5.75 Å². The number of imidazole rings is 1. The molecule has 250 valence electrons. The van der Waals surface area contributed by atoms with Crippen molar-refractivity contribution >= 4 is 22.9 Å². The van der Waals surface area contributed by atoms with Gasteiger partial charge in [-0.25, -0.2) is 19.7 Å². The Morgan fingerprint density at radius 2 is 1.90 bits per heavy atom. The molecule has 8 rings (SSSR count). The van der Waals surface area contributed by atoms with E-state index in [9.17, 15) is 28.6 Å². The van der Waals surface area contributed by atoms with E-state index in [2.05, 4.69) is 9.97 Å².